The lowest BCUT2D eigenvalue weighted by molar-refractivity contribution is -0.0421. The van der Waals surface area contributed by atoms with E-state index in [9.17, 15) is 5.11 Å². The van der Waals surface area contributed by atoms with E-state index in [1.807, 2.05) is 0 Å². The van der Waals surface area contributed by atoms with E-state index in [1.165, 1.54) is 32.1 Å². The van der Waals surface area contributed by atoms with Crippen LogP contribution in [0.3, 0.4) is 0 Å². The van der Waals surface area contributed by atoms with E-state index in [-0.39, 0.29) is 12.6 Å². The summed E-state index contributed by atoms with van der Waals surface area (Å²) in [5.74, 6) is 2.23. The van der Waals surface area contributed by atoms with Gasteiger partial charge >= 0.3 is 0 Å². The molecular weight excluding hydrogens is 250 g/mol. The molecule has 0 radical (unpaired) electrons. The SMILES string of the molecule is CC1CCC(C(C)C)C(OCCC(CO)NC2CC2)C1. The van der Waals surface area contributed by atoms with Gasteiger partial charge in [-0.25, -0.2) is 0 Å². The molecule has 0 aromatic carbocycles. The zero-order valence-corrected chi connectivity index (χ0v) is 13.5. The number of hydrogen-bond acceptors (Lipinski definition) is 3. The van der Waals surface area contributed by atoms with E-state index in [0.717, 1.165) is 24.9 Å². The first kappa shape index (κ1) is 16.3. The van der Waals surface area contributed by atoms with Crippen LogP contribution in [0.15, 0.2) is 0 Å². The maximum atomic E-state index is 9.40. The molecule has 0 spiro atoms. The second-order valence-corrected chi connectivity index (χ2v) is 7.34. The quantitative estimate of drug-likeness (QED) is 0.719. The molecule has 2 N–H and O–H groups in total. The molecule has 0 aromatic heterocycles. The van der Waals surface area contributed by atoms with Crippen molar-refractivity contribution in [2.75, 3.05) is 13.2 Å². The van der Waals surface area contributed by atoms with Gasteiger partial charge in [-0.1, -0.05) is 27.2 Å². The van der Waals surface area contributed by atoms with Crippen LogP contribution in [0.25, 0.3) is 0 Å². The molecule has 2 fully saturated rings. The third kappa shape index (κ3) is 5.01. The van der Waals surface area contributed by atoms with Crippen molar-refractivity contribution >= 4 is 0 Å². The molecule has 4 atom stereocenters. The first-order valence-electron chi connectivity index (χ1n) is 8.58. The number of aliphatic hydroxyl groups excluding tert-OH is 1. The number of hydrogen-bond donors (Lipinski definition) is 2. The minimum absolute atomic E-state index is 0.223. The summed E-state index contributed by atoms with van der Waals surface area (Å²) in [7, 11) is 0. The molecule has 2 saturated carbocycles. The zero-order chi connectivity index (χ0) is 14.5. The van der Waals surface area contributed by atoms with Gasteiger partial charge in [-0.3, -0.25) is 0 Å². The highest BCUT2D eigenvalue weighted by atomic mass is 16.5. The smallest absolute Gasteiger partial charge is 0.0608 e. The van der Waals surface area contributed by atoms with E-state index in [1.54, 1.807) is 0 Å². The van der Waals surface area contributed by atoms with Crippen LogP contribution in [0, 0.1) is 17.8 Å². The Hall–Kier alpha value is -0.120. The van der Waals surface area contributed by atoms with E-state index < -0.39 is 0 Å². The van der Waals surface area contributed by atoms with Gasteiger partial charge in [-0.05, 0) is 49.9 Å². The Morgan fingerprint density at radius 2 is 1.95 bits per heavy atom. The molecule has 0 aromatic rings. The van der Waals surface area contributed by atoms with Crippen LogP contribution in [0.1, 0.15) is 59.3 Å². The van der Waals surface area contributed by atoms with Crippen molar-refractivity contribution < 1.29 is 9.84 Å². The van der Waals surface area contributed by atoms with Gasteiger partial charge in [0.2, 0.25) is 0 Å². The monoisotopic (exact) mass is 283 g/mol. The zero-order valence-electron chi connectivity index (χ0n) is 13.5. The Bertz CT molecular complexity index is 278. The molecule has 2 rings (SSSR count). The van der Waals surface area contributed by atoms with Gasteiger partial charge in [0.15, 0.2) is 0 Å². The van der Waals surface area contributed by atoms with Crippen molar-refractivity contribution in [2.45, 2.75) is 77.5 Å². The third-order valence-electron chi connectivity index (χ3n) is 5.03. The van der Waals surface area contributed by atoms with Gasteiger partial charge < -0.3 is 15.2 Å². The van der Waals surface area contributed by atoms with E-state index >= 15 is 0 Å². The van der Waals surface area contributed by atoms with Crippen LogP contribution in [0.4, 0.5) is 0 Å². The fourth-order valence-corrected chi connectivity index (χ4v) is 3.48. The Labute approximate surface area is 124 Å². The summed E-state index contributed by atoms with van der Waals surface area (Å²) in [6, 6.07) is 0.881. The molecule has 0 aliphatic heterocycles. The summed E-state index contributed by atoms with van der Waals surface area (Å²) in [5.41, 5.74) is 0. The Balaban J connectivity index is 1.72. The minimum Gasteiger partial charge on any atom is -0.395 e. The van der Waals surface area contributed by atoms with Gasteiger partial charge in [-0.2, -0.15) is 0 Å². The predicted molar refractivity (Wildman–Crippen MR) is 82.7 cm³/mol. The topological polar surface area (TPSA) is 41.5 Å². The minimum atomic E-state index is 0.223. The van der Waals surface area contributed by atoms with Gasteiger partial charge in [-0.15, -0.1) is 0 Å². The van der Waals surface area contributed by atoms with E-state index in [2.05, 4.69) is 26.1 Å². The number of aliphatic hydroxyl groups is 1. The summed E-state index contributed by atoms with van der Waals surface area (Å²) in [6.07, 6.45) is 7.78. The van der Waals surface area contributed by atoms with Crippen LogP contribution in [-0.4, -0.2) is 36.5 Å². The molecule has 20 heavy (non-hydrogen) atoms. The summed E-state index contributed by atoms with van der Waals surface area (Å²) in [4.78, 5) is 0. The molecule has 0 bridgehead atoms. The number of ether oxygens (including phenoxy) is 1. The van der Waals surface area contributed by atoms with Crippen molar-refractivity contribution in [3.8, 4) is 0 Å². The summed E-state index contributed by atoms with van der Waals surface area (Å²) in [6.45, 7) is 8.00. The number of nitrogens with one attached hydrogen (secondary N) is 1. The van der Waals surface area contributed by atoms with Crippen molar-refractivity contribution in [1.29, 1.82) is 0 Å². The predicted octanol–water partition coefficient (Wildman–Crippen LogP) is 2.97. The largest absolute Gasteiger partial charge is 0.395 e. The van der Waals surface area contributed by atoms with Crippen LogP contribution in [0.5, 0.6) is 0 Å². The first-order chi connectivity index (χ1) is 9.60. The van der Waals surface area contributed by atoms with Crippen LogP contribution in [-0.2, 0) is 4.74 Å². The fourth-order valence-electron chi connectivity index (χ4n) is 3.48. The normalized spacial score (nSPS) is 32.5. The van der Waals surface area contributed by atoms with Gasteiger partial charge in [0, 0.05) is 18.7 Å². The highest BCUT2D eigenvalue weighted by Crippen LogP contribution is 2.35. The molecule has 3 heteroatoms. The maximum Gasteiger partial charge on any atom is 0.0608 e. The number of rotatable bonds is 8. The molecule has 0 heterocycles. The molecule has 0 saturated heterocycles. The highest BCUT2D eigenvalue weighted by Gasteiger charge is 2.31. The van der Waals surface area contributed by atoms with Crippen LogP contribution < -0.4 is 5.32 Å². The Morgan fingerprint density at radius 1 is 1.20 bits per heavy atom. The molecule has 0 amide bonds. The molecular formula is C17H33NO2. The van der Waals surface area contributed by atoms with Crippen molar-refractivity contribution in [1.82, 2.24) is 5.32 Å². The van der Waals surface area contributed by atoms with E-state index in [0.29, 0.717) is 18.1 Å². The van der Waals surface area contributed by atoms with Gasteiger partial charge in [0.05, 0.1) is 12.7 Å². The Morgan fingerprint density at radius 3 is 2.55 bits per heavy atom. The van der Waals surface area contributed by atoms with E-state index in [4.69, 9.17) is 4.74 Å². The lowest BCUT2D eigenvalue weighted by Crippen LogP contribution is -2.38. The van der Waals surface area contributed by atoms with Gasteiger partial charge in [0.25, 0.3) is 0 Å². The average Bonchev–Trinajstić information content (AvgIpc) is 3.21. The third-order valence-corrected chi connectivity index (χ3v) is 5.03. The lowest BCUT2D eigenvalue weighted by atomic mass is 9.75. The average molecular weight is 283 g/mol. The molecule has 3 nitrogen and oxygen atoms in total. The van der Waals surface area contributed by atoms with Gasteiger partial charge in [0.1, 0.15) is 0 Å². The summed E-state index contributed by atoms with van der Waals surface area (Å²) in [5, 5.41) is 12.9. The van der Waals surface area contributed by atoms with Crippen molar-refractivity contribution in [3.63, 3.8) is 0 Å². The standard InChI is InChI=1S/C17H33NO2/c1-12(2)16-7-4-13(3)10-17(16)20-9-8-15(11-19)18-14-5-6-14/h12-19H,4-11H2,1-3H3. The second kappa shape index (κ2) is 7.77. The fraction of sp³-hybridized carbons (Fsp3) is 1.00. The highest BCUT2D eigenvalue weighted by molar-refractivity contribution is 4.85. The lowest BCUT2D eigenvalue weighted by Gasteiger charge is -2.37. The van der Waals surface area contributed by atoms with Crippen LogP contribution in [0.2, 0.25) is 0 Å². The van der Waals surface area contributed by atoms with Crippen molar-refractivity contribution in [2.24, 2.45) is 17.8 Å². The molecule has 118 valence electrons. The van der Waals surface area contributed by atoms with Crippen molar-refractivity contribution in [3.05, 3.63) is 0 Å². The Kier molecular flexibility index (Phi) is 6.31. The van der Waals surface area contributed by atoms with Crippen LogP contribution >= 0.6 is 0 Å². The first-order valence-corrected chi connectivity index (χ1v) is 8.58. The second-order valence-electron chi connectivity index (χ2n) is 7.34. The molecule has 4 unspecified atom stereocenters. The summed E-state index contributed by atoms with van der Waals surface area (Å²) >= 11 is 0. The molecule has 2 aliphatic rings. The molecule has 2 aliphatic carbocycles. The maximum absolute atomic E-state index is 9.40. The summed E-state index contributed by atoms with van der Waals surface area (Å²) < 4.78 is 6.21.